The molecule has 2 saturated heterocycles. The molecular weight excluding hydrogens is 509 g/mol. The molecule has 12 heteroatoms. The van der Waals surface area contributed by atoms with Crippen molar-refractivity contribution in [2.24, 2.45) is 5.41 Å². The maximum atomic E-state index is 14.8. The van der Waals surface area contributed by atoms with E-state index in [9.17, 15) is 18.1 Å². The van der Waals surface area contributed by atoms with Gasteiger partial charge in [0.15, 0.2) is 11.6 Å². The van der Waals surface area contributed by atoms with Crippen LogP contribution in [0.5, 0.6) is 11.5 Å². The minimum absolute atomic E-state index is 0.0760. The van der Waals surface area contributed by atoms with Gasteiger partial charge in [-0.2, -0.15) is 18.0 Å². The Morgan fingerprint density at radius 2 is 2.03 bits per heavy atom. The maximum Gasteiger partial charge on any atom is 0.301 e. The van der Waals surface area contributed by atoms with Crippen molar-refractivity contribution in [3.63, 3.8) is 0 Å². The molecule has 2 fully saturated rings. The van der Waals surface area contributed by atoms with Crippen LogP contribution in [0.15, 0.2) is 36.5 Å². The highest BCUT2D eigenvalue weighted by Crippen LogP contribution is 2.40. The summed E-state index contributed by atoms with van der Waals surface area (Å²) in [6, 6.07) is 9.09. The van der Waals surface area contributed by atoms with Crippen LogP contribution in [0.3, 0.4) is 0 Å². The largest absolute Gasteiger partial charge is 0.453 e. The molecule has 2 aliphatic rings. The Balaban J connectivity index is 1.42. The summed E-state index contributed by atoms with van der Waals surface area (Å²) in [5.41, 5.74) is 1.21. The summed E-state index contributed by atoms with van der Waals surface area (Å²) in [6.45, 7) is 5.83. The minimum Gasteiger partial charge on any atom is -0.453 e. The number of halogens is 1. The highest BCUT2D eigenvalue weighted by atomic mass is 32.2. The quantitative estimate of drug-likeness (QED) is 0.467. The molecule has 3 heterocycles. The van der Waals surface area contributed by atoms with E-state index in [1.54, 1.807) is 31.3 Å². The summed E-state index contributed by atoms with van der Waals surface area (Å²) < 4.78 is 49.0. The number of hydrogen-bond acceptors (Lipinski definition) is 8. The number of nitriles is 1. The summed E-state index contributed by atoms with van der Waals surface area (Å²) in [5, 5.41) is 13.2. The number of aromatic nitrogens is 2. The van der Waals surface area contributed by atoms with Gasteiger partial charge < -0.3 is 15.0 Å². The predicted molar refractivity (Wildman–Crippen MR) is 143 cm³/mol. The standard InChI is InChI=1S/C26H30FN7O3S/c1-3-33(2)38(35,36)32-21-7-5-20(27)25(19(21)15-28)37-18-4-6-22-23(14-18)31-24(16-30-22)34-13-10-26(17-34)8-11-29-12-9-26/h4-7,14,16,29,32H,3,8-13,17H2,1-2H3. The molecule has 3 aromatic rings. The van der Waals surface area contributed by atoms with Crippen molar-refractivity contribution in [2.75, 3.05) is 49.4 Å². The second-order valence-electron chi connectivity index (χ2n) is 9.83. The number of nitrogens with one attached hydrogen (secondary N) is 2. The van der Waals surface area contributed by atoms with Crippen LogP contribution in [0.1, 0.15) is 31.7 Å². The number of benzene rings is 2. The molecule has 1 spiro atoms. The molecule has 0 radical (unpaired) electrons. The third-order valence-electron chi connectivity index (χ3n) is 7.46. The topological polar surface area (TPSA) is 123 Å². The van der Waals surface area contributed by atoms with Crippen LogP contribution in [-0.4, -0.2) is 62.5 Å². The van der Waals surface area contributed by atoms with Gasteiger partial charge in [-0.3, -0.25) is 9.71 Å². The summed E-state index contributed by atoms with van der Waals surface area (Å²) in [5.74, 6) is -0.132. The van der Waals surface area contributed by atoms with Gasteiger partial charge in [-0.1, -0.05) is 6.92 Å². The molecule has 2 aromatic carbocycles. The second kappa shape index (κ2) is 10.3. The summed E-state index contributed by atoms with van der Waals surface area (Å²) in [7, 11) is -2.53. The number of piperidine rings is 1. The van der Waals surface area contributed by atoms with E-state index in [0.29, 0.717) is 16.4 Å². The van der Waals surface area contributed by atoms with Gasteiger partial charge >= 0.3 is 10.2 Å². The van der Waals surface area contributed by atoms with E-state index < -0.39 is 16.0 Å². The fourth-order valence-corrected chi connectivity index (χ4v) is 5.99. The van der Waals surface area contributed by atoms with Crippen molar-refractivity contribution in [1.82, 2.24) is 19.6 Å². The first-order valence-electron chi connectivity index (χ1n) is 12.6. The van der Waals surface area contributed by atoms with Crippen LogP contribution >= 0.6 is 0 Å². The number of fused-ring (bicyclic) bond motifs is 1. The number of anilines is 2. The Kier molecular flexibility index (Phi) is 7.09. The van der Waals surface area contributed by atoms with Crippen molar-refractivity contribution >= 4 is 32.7 Å². The number of nitrogens with zero attached hydrogens (tertiary/aromatic N) is 5. The minimum atomic E-state index is -3.92. The van der Waals surface area contributed by atoms with Crippen LogP contribution in [0.2, 0.25) is 0 Å². The van der Waals surface area contributed by atoms with Crippen molar-refractivity contribution in [2.45, 2.75) is 26.2 Å². The monoisotopic (exact) mass is 539 g/mol. The van der Waals surface area contributed by atoms with Gasteiger partial charge in [0.1, 0.15) is 23.2 Å². The van der Waals surface area contributed by atoms with E-state index in [-0.39, 0.29) is 29.3 Å². The lowest BCUT2D eigenvalue weighted by Gasteiger charge is -2.33. The molecule has 0 amide bonds. The fourth-order valence-electron chi connectivity index (χ4n) is 5.05. The third kappa shape index (κ3) is 5.09. The van der Waals surface area contributed by atoms with Crippen LogP contribution in [0.4, 0.5) is 15.9 Å². The third-order valence-corrected chi connectivity index (χ3v) is 9.02. The van der Waals surface area contributed by atoms with Crippen LogP contribution < -0.4 is 19.7 Å². The first-order chi connectivity index (χ1) is 18.2. The van der Waals surface area contributed by atoms with Crippen molar-refractivity contribution in [3.8, 4) is 17.6 Å². The smallest absolute Gasteiger partial charge is 0.301 e. The molecule has 2 aliphatic heterocycles. The molecule has 1 aromatic heterocycles. The van der Waals surface area contributed by atoms with E-state index in [2.05, 4.69) is 19.9 Å². The maximum absolute atomic E-state index is 14.8. The van der Waals surface area contributed by atoms with Gasteiger partial charge in [0.25, 0.3) is 0 Å². The van der Waals surface area contributed by atoms with Crippen LogP contribution in [0.25, 0.3) is 11.0 Å². The zero-order valence-electron chi connectivity index (χ0n) is 21.4. The average molecular weight is 540 g/mol. The second-order valence-corrected chi connectivity index (χ2v) is 11.6. The molecule has 0 unspecified atom stereocenters. The Morgan fingerprint density at radius 1 is 1.24 bits per heavy atom. The number of rotatable bonds is 7. The zero-order valence-corrected chi connectivity index (χ0v) is 22.2. The van der Waals surface area contributed by atoms with E-state index in [1.807, 2.05) is 6.07 Å². The van der Waals surface area contributed by atoms with Gasteiger partial charge in [-0.15, -0.1) is 0 Å². The van der Waals surface area contributed by atoms with Gasteiger partial charge in [0.05, 0.1) is 22.9 Å². The Bertz CT molecular complexity index is 1500. The molecule has 38 heavy (non-hydrogen) atoms. The number of hydrogen-bond donors (Lipinski definition) is 2. The fraction of sp³-hybridized carbons (Fsp3) is 0.423. The predicted octanol–water partition coefficient (Wildman–Crippen LogP) is 3.62. The molecular formula is C26H30FN7O3S. The van der Waals surface area contributed by atoms with E-state index in [4.69, 9.17) is 9.72 Å². The molecule has 5 rings (SSSR count). The molecule has 0 saturated carbocycles. The SMILES string of the molecule is CCN(C)S(=O)(=O)Nc1ccc(F)c(Oc2ccc3ncc(N4CCC5(CCNCC5)C4)nc3c2)c1C#N. The molecule has 0 atom stereocenters. The van der Waals surface area contributed by atoms with Crippen LogP contribution in [0, 0.1) is 22.6 Å². The molecule has 200 valence electrons. The first-order valence-corrected chi connectivity index (χ1v) is 14.0. The van der Waals surface area contributed by atoms with Gasteiger partial charge in [-0.05, 0) is 62.0 Å². The Labute approximate surface area is 221 Å². The van der Waals surface area contributed by atoms with Crippen molar-refractivity contribution in [1.29, 1.82) is 5.26 Å². The van der Waals surface area contributed by atoms with Gasteiger partial charge in [-0.25, -0.2) is 9.37 Å². The van der Waals surface area contributed by atoms with Gasteiger partial charge in [0, 0.05) is 32.7 Å². The average Bonchev–Trinajstić information content (AvgIpc) is 3.32. The highest BCUT2D eigenvalue weighted by Gasteiger charge is 2.39. The molecule has 0 aliphatic carbocycles. The summed E-state index contributed by atoms with van der Waals surface area (Å²) >= 11 is 0. The summed E-state index contributed by atoms with van der Waals surface area (Å²) in [6.07, 6.45) is 5.21. The molecule has 2 N–H and O–H groups in total. The van der Waals surface area contributed by atoms with E-state index in [0.717, 1.165) is 61.6 Å². The molecule has 10 nitrogen and oxygen atoms in total. The lowest BCUT2D eigenvalue weighted by atomic mass is 9.78. The van der Waals surface area contributed by atoms with E-state index >= 15 is 0 Å². The highest BCUT2D eigenvalue weighted by molar-refractivity contribution is 7.90. The van der Waals surface area contributed by atoms with Crippen molar-refractivity contribution in [3.05, 3.63) is 47.9 Å². The van der Waals surface area contributed by atoms with Crippen LogP contribution in [-0.2, 0) is 10.2 Å². The van der Waals surface area contributed by atoms with Gasteiger partial charge in [0.2, 0.25) is 0 Å². The number of ether oxygens (including phenoxy) is 1. The normalized spacial score (nSPS) is 17.2. The van der Waals surface area contributed by atoms with Crippen molar-refractivity contribution < 1.29 is 17.5 Å². The lowest BCUT2D eigenvalue weighted by molar-refractivity contribution is 0.232. The van der Waals surface area contributed by atoms with E-state index in [1.165, 1.54) is 13.1 Å². The summed E-state index contributed by atoms with van der Waals surface area (Å²) in [4.78, 5) is 11.6. The lowest BCUT2D eigenvalue weighted by Crippen LogP contribution is -2.38. The Morgan fingerprint density at radius 3 is 2.76 bits per heavy atom. The zero-order chi connectivity index (χ0) is 26.9. The molecule has 0 bridgehead atoms. The first kappa shape index (κ1) is 26.1. The Hall–Kier alpha value is -3.53.